The van der Waals surface area contributed by atoms with Gasteiger partial charge in [-0.1, -0.05) is 11.6 Å². The molecule has 0 N–H and O–H groups in total. The standard InChI is InChI=1S/C14H16ClNO4/c1-8-11(15)6-10(9(2)17)14(19-3)13(8)16-4-5-20-7-12(16)18/h6H,4-5,7H2,1-3H3. The van der Waals surface area contributed by atoms with Crippen LogP contribution in [0.25, 0.3) is 0 Å². The number of nitrogens with zero attached hydrogens (tertiary/aromatic N) is 1. The molecule has 1 fully saturated rings. The van der Waals surface area contributed by atoms with Crippen LogP contribution in [0.1, 0.15) is 22.8 Å². The first kappa shape index (κ1) is 14.8. The van der Waals surface area contributed by atoms with E-state index in [1.807, 2.05) is 0 Å². The molecule has 0 bridgehead atoms. The number of ketones is 1. The van der Waals surface area contributed by atoms with E-state index in [-0.39, 0.29) is 18.3 Å². The summed E-state index contributed by atoms with van der Waals surface area (Å²) in [4.78, 5) is 25.3. The van der Waals surface area contributed by atoms with E-state index >= 15 is 0 Å². The SMILES string of the molecule is COc1c(C(C)=O)cc(Cl)c(C)c1N1CCOCC1=O. The molecule has 1 saturated heterocycles. The number of hydrogen-bond donors (Lipinski definition) is 0. The number of methoxy groups -OCH3 is 1. The van der Waals surface area contributed by atoms with Crippen molar-refractivity contribution in [3.63, 3.8) is 0 Å². The molecule has 1 heterocycles. The van der Waals surface area contributed by atoms with Crippen LogP contribution < -0.4 is 9.64 Å². The Morgan fingerprint density at radius 1 is 1.50 bits per heavy atom. The zero-order valence-corrected chi connectivity index (χ0v) is 12.4. The van der Waals surface area contributed by atoms with Gasteiger partial charge in [-0.3, -0.25) is 9.59 Å². The number of Topliss-reactive ketones (excluding diaryl/α,β-unsaturated/α-hetero) is 1. The summed E-state index contributed by atoms with van der Waals surface area (Å²) in [6.45, 7) is 4.11. The van der Waals surface area contributed by atoms with Crippen LogP contribution in [0.15, 0.2) is 6.07 Å². The van der Waals surface area contributed by atoms with Crippen molar-refractivity contribution in [1.29, 1.82) is 0 Å². The molecule has 0 radical (unpaired) electrons. The summed E-state index contributed by atoms with van der Waals surface area (Å²) >= 11 is 6.18. The predicted octanol–water partition coefficient (Wildman–Crippen LogP) is 2.22. The third-order valence-corrected chi connectivity index (χ3v) is 3.68. The lowest BCUT2D eigenvalue weighted by molar-refractivity contribution is -0.125. The fourth-order valence-electron chi connectivity index (χ4n) is 2.26. The van der Waals surface area contributed by atoms with E-state index < -0.39 is 0 Å². The van der Waals surface area contributed by atoms with Gasteiger partial charge in [-0.15, -0.1) is 0 Å². The van der Waals surface area contributed by atoms with Gasteiger partial charge in [-0.05, 0) is 25.5 Å². The van der Waals surface area contributed by atoms with E-state index in [4.69, 9.17) is 21.1 Å². The molecule has 108 valence electrons. The van der Waals surface area contributed by atoms with Crippen molar-refractivity contribution in [3.8, 4) is 5.75 Å². The summed E-state index contributed by atoms with van der Waals surface area (Å²) < 4.78 is 10.5. The summed E-state index contributed by atoms with van der Waals surface area (Å²) in [5.74, 6) is 0.0507. The van der Waals surface area contributed by atoms with E-state index in [0.29, 0.717) is 40.7 Å². The highest BCUT2D eigenvalue weighted by atomic mass is 35.5. The number of ether oxygens (including phenoxy) is 2. The lowest BCUT2D eigenvalue weighted by atomic mass is 10.0. The molecule has 0 aromatic heterocycles. The van der Waals surface area contributed by atoms with Crippen molar-refractivity contribution in [2.75, 3.05) is 31.8 Å². The number of amides is 1. The van der Waals surface area contributed by atoms with E-state index in [0.717, 1.165) is 0 Å². The van der Waals surface area contributed by atoms with Crippen LogP contribution in [0, 0.1) is 6.92 Å². The number of morpholine rings is 1. The smallest absolute Gasteiger partial charge is 0.253 e. The summed E-state index contributed by atoms with van der Waals surface area (Å²) in [6.07, 6.45) is 0. The van der Waals surface area contributed by atoms with Gasteiger partial charge in [0.1, 0.15) is 6.61 Å². The fourth-order valence-corrected chi connectivity index (χ4v) is 2.46. The summed E-state index contributed by atoms with van der Waals surface area (Å²) in [5.41, 5.74) is 1.64. The second-order valence-corrected chi connectivity index (χ2v) is 4.97. The molecule has 2 rings (SSSR count). The van der Waals surface area contributed by atoms with Gasteiger partial charge < -0.3 is 14.4 Å². The van der Waals surface area contributed by atoms with Gasteiger partial charge in [0.15, 0.2) is 11.5 Å². The second-order valence-electron chi connectivity index (χ2n) is 4.57. The maximum atomic E-state index is 12.0. The minimum atomic E-state index is -0.172. The van der Waals surface area contributed by atoms with E-state index in [1.54, 1.807) is 17.9 Å². The first-order valence-electron chi connectivity index (χ1n) is 6.23. The molecular weight excluding hydrogens is 282 g/mol. The summed E-state index contributed by atoms with van der Waals surface area (Å²) in [7, 11) is 1.48. The third kappa shape index (κ3) is 2.51. The predicted molar refractivity (Wildman–Crippen MR) is 75.9 cm³/mol. The molecule has 0 atom stereocenters. The number of carbonyl (C=O) groups excluding carboxylic acids is 2. The Kier molecular flexibility index (Phi) is 4.30. The largest absolute Gasteiger partial charge is 0.494 e. The number of anilines is 1. The van der Waals surface area contributed by atoms with Crippen LogP contribution >= 0.6 is 11.6 Å². The Hall–Kier alpha value is -1.59. The van der Waals surface area contributed by atoms with Crippen LogP contribution in [0.3, 0.4) is 0 Å². The van der Waals surface area contributed by atoms with E-state index in [9.17, 15) is 9.59 Å². The maximum Gasteiger partial charge on any atom is 0.253 e. The number of rotatable bonds is 3. The van der Waals surface area contributed by atoms with Gasteiger partial charge in [-0.2, -0.15) is 0 Å². The molecule has 0 aliphatic carbocycles. The number of benzene rings is 1. The molecule has 1 aliphatic heterocycles. The Bertz CT molecular complexity index is 571. The highest BCUT2D eigenvalue weighted by Gasteiger charge is 2.28. The lowest BCUT2D eigenvalue weighted by Gasteiger charge is -2.30. The van der Waals surface area contributed by atoms with Gasteiger partial charge in [0.25, 0.3) is 5.91 Å². The van der Waals surface area contributed by atoms with Gasteiger partial charge in [0.2, 0.25) is 0 Å². The minimum absolute atomic E-state index is 0.0184. The monoisotopic (exact) mass is 297 g/mol. The Labute approximate surface area is 122 Å². The van der Waals surface area contributed by atoms with Crippen molar-refractivity contribution in [2.45, 2.75) is 13.8 Å². The zero-order chi connectivity index (χ0) is 14.9. The average molecular weight is 298 g/mol. The first-order valence-corrected chi connectivity index (χ1v) is 6.61. The molecule has 6 heteroatoms. The summed E-state index contributed by atoms with van der Waals surface area (Å²) in [6, 6.07) is 1.58. The normalized spacial score (nSPS) is 15.4. The Morgan fingerprint density at radius 2 is 2.20 bits per heavy atom. The second kappa shape index (κ2) is 5.81. The topological polar surface area (TPSA) is 55.8 Å². The third-order valence-electron chi connectivity index (χ3n) is 3.28. The van der Waals surface area contributed by atoms with Crippen LogP contribution in [0.4, 0.5) is 5.69 Å². The molecule has 1 aliphatic rings. The number of carbonyl (C=O) groups is 2. The van der Waals surface area contributed by atoms with Crippen molar-refractivity contribution in [2.24, 2.45) is 0 Å². The molecular formula is C14H16ClNO4. The highest BCUT2D eigenvalue weighted by molar-refractivity contribution is 6.32. The van der Waals surface area contributed by atoms with E-state index in [1.165, 1.54) is 14.0 Å². The molecule has 20 heavy (non-hydrogen) atoms. The van der Waals surface area contributed by atoms with Crippen LogP contribution in [0.5, 0.6) is 5.75 Å². The first-order chi connectivity index (χ1) is 9.47. The zero-order valence-electron chi connectivity index (χ0n) is 11.7. The van der Waals surface area contributed by atoms with Gasteiger partial charge in [0.05, 0.1) is 25.0 Å². The van der Waals surface area contributed by atoms with Gasteiger partial charge in [-0.25, -0.2) is 0 Å². The van der Waals surface area contributed by atoms with Crippen molar-refractivity contribution < 1.29 is 19.1 Å². The highest BCUT2D eigenvalue weighted by Crippen LogP contribution is 2.40. The maximum absolute atomic E-state index is 12.0. The van der Waals surface area contributed by atoms with Crippen molar-refractivity contribution >= 4 is 29.0 Å². The van der Waals surface area contributed by atoms with Crippen LogP contribution in [-0.4, -0.2) is 38.6 Å². The van der Waals surface area contributed by atoms with Gasteiger partial charge >= 0.3 is 0 Å². The van der Waals surface area contributed by atoms with Crippen molar-refractivity contribution in [1.82, 2.24) is 0 Å². The van der Waals surface area contributed by atoms with Crippen LogP contribution in [-0.2, 0) is 9.53 Å². The van der Waals surface area contributed by atoms with Gasteiger partial charge in [0, 0.05) is 11.6 Å². The molecule has 1 aromatic carbocycles. The molecule has 1 aromatic rings. The molecule has 0 unspecified atom stereocenters. The van der Waals surface area contributed by atoms with Crippen LogP contribution in [0.2, 0.25) is 5.02 Å². The average Bonchev–Trinajstić information content (AvgIpc) is 2.42. The Balaban J connectivity index is 2.66. The number of halogens is 1. The minimum Gasteiger partial charge on any atom is -0.494 e. The van der Waals surface area contributed by atoms with Crippen molar-refractivity contribution in [3.05, 3.63) is 22.2 Å². The molecule has 0 spiro atoms. The molecule has 5 nitrogen and oxygen atoms in total. The molecule has 0 saturated carbocycles. The number of hydrogen-bond acceptors (Lipinski definition) is 4. The fraction of sp³-hybridized carbons (Fsp3) is 0.429. The molecule has 1 amide bonds. The quantitative estimate of drug-likeness (QED) is 0.803. The summed E-state index contributed by atoms with van der Waals surface area (Å²) in [5, 5.41) is 0.435. The van der Waals surface area contributed by atoms with E-state index in [2.05, 4.69) is 0 Å². The lowest BCUT2D eigenvalue weighted by Crippen LogP contribution is -2.42. The Morgan fingerprint density at radius 3 is 2.75 bits per heavy atom.